The number of thiazole rings is 1. The number of imidazole rings is 1. The molecular formula is C26H23N5O2S. The van der Waals surface area contributed by atoms with E-state index in [1.54, 1.807) is 12.1 Å². The van der Waals surface area contributed by atoms with E-state index in [1.807, 2.05) is 53.2 Å². The van der Waals surface area contributed by atoms with Crippen LogP contribution in [0.4, 0.5) is 5.13 Å². The molecule has 34 heavy (non-hydrogen) atoms. The third-order valence-corrected chi connectivity index (χ3v) is 6.91. The van der Waals surface area contributed by atoms with Gasteiger partial charge in [-0.15, -0.1) is 0 Å². The summed E-state index contributed by atoms with van der Waals surface area (Å²) >= 11 is 1.49. The van der Waals surface area contributed by atoms with Gasteiger partial charge in [-0.3, -0.25) is 15.0 Å². The first-order valence-electron chi connectivity index (χ1n) is 11.3. The van der Waals surface area contributed by atoms with Crippen LogP contribution in [0.3, 0.4) is 0 Å². The number of nitrogens with zero attached hydrogens (tertiary/aromatic N) is 4. The Morgan fingerprint density at radius 3 is 2.74 bits per heavy atom. The minimum atomic E-state index is -0.195. The molecule has 0 saturated carbocycles. The highest BCUT2D eigenvalue weighted by molar-refractivity contribution is 7.22. The van der Waals surface area contributed by atoms with Gasteiger partial charge in [0.05, 0.1) is 29.1 Å². The summed E-state index contributed by atoms with van der Waals surface area (Å²) in [5.74, 6) is -0.195. The minimum Gasteiger partial charge on any atom is -0.379 e. The van der Waals surface area contributed by atoms with Gasteiger partial charge in [-0.05, 0) is 29.8 Å². The summed E-state index contributed by atoms with van der Waals surface area (Å²) in [7, 11) is 0. The molecule has 2 aromatic carbocycles. The molecule has 0 aliphatic carbocycles. The Balaban J connectivity index is 1.19. The summed E-state index contributed by atoms with van der Waals surface area (Å²) in [6.07, 6.45) is 3.83. The summed E-state index contributed by atoms with van der Waals surface area (Å²) in [5.41, 5.74) is 5.32. The lowest BCUT2D eigenvalue weighted by atomic mass is 10.2. The average molecular weight is 470 g/mol. The maximum absolute atomic E-state index is 12.9. The normalized spacial score (nSPS) is 14.6. The third kappa shape index (κ3) is 4.31. The molecule has 1 aliphatic rings. The molecule has 1 saturated heterocycles. The van der Waals surface area contributed by atoms with Crippen molar-refractivity contribution in [3.05, 3.63) is 84.2 Å². The summed E-state index contributed by atoms with van der Waals surface area (Å²) in [6, 6.07) is 19.9. The number of hydrogen-bond donors (Lipinski definition) is 1. The summed E-state index contributed by atoms with van der Waals surface area (Å²) < 4.78 is 8.42. The summed E-state index contributed by atoms with van der Waals surface area (Å²) in [4.78, 5) is 24.6. The second kappa shape index (κ2) is 8.98. The van der Waals surface area contributed by atoms with Gasteiger partial charge < -0.3 is 9.14 Å². The Hall–Kier alpha value is -3.59. The first-order chi connectivity index (χ1) is 16.7. The van der Waals surface area contributed by atoms with Crippen molar-refractivity contribution in [2.24, 2.45) is 0 Å². The lowest BCUT2D eigenvalue weighted by Crippen LogP contribution is -2.35. The van der Waals surface area contributed by atoms with Crippen LogP contribution in [-0.4, -0.2) is 51.5 Å². The lowest BCUT2D eigenvalue weighted by molar-refractivity contribution is 0.0342. The van der Waals surface area contributed by atoms with Gasteiger partial charge in [0.25, 0.3) is 5.91 Å². The van der Waals surface area contributed by atoms with Gasteiger partial charge in [0, 0.05) is 43.2 Å². The number of benzene rings is 2. The van der Waals surface area contributed by atoms with E-state index in [0.717, 1.165) is 60.0 Å². The number of ether oxygens (including phenoxy) is 1. The molecule has 1 fully saturated rings. The van der Waals surface area contributed by atoms with Gasteiger partial charge in [-0.25, -0.2) is 9.97 Å². The van der Waals surface area contributed by atoms with Gasteiger partial charge in [0.1, 0.15) is 5.65 Å². The zero-order valence-electron chi connectivity index (χ0n) is 18.5. The van der Waals surface area contributed by atoms with E-state index >= 15 is 0 Å². The second-order valence-electron chi connectivity index (χ2n) is 8.34. The maximum atomic E-state index is 12.9. The summed E-state index contributed by atoms with van der Waals surface area (Å²) in [5, 5.41) is 3.55. The van der Waals surface area contributed by atoms with E-state index in [1.165, 1.54) is 16.9 Å². The Kier molecular flexibility index (Phi) is 5.54. The molecule has 0 atom stereocenters. The highest BCUT2D eigenvalue weighted by Crippen LogP contribution is 2.28. The minimum absolute atomic E-state index is 0.195. The molecule has 3 aromatic heterocycles. The standard InChI is InChI=1S/C26H23N5O2S/c32-25(20-8-9-31-17-22(27-24(31)15-20)19-4-2-1-3-5-19)29-26-28-21-7-6-18(14-23(21)34-26)16-30-10-12-33-13-11-30/h1-9,14-15,17H,10-13,16H2,(H,28,29,32). The zero-order valence-corrected chi connectivity index (χ0v) is 19.3. The van der Waals surface area contributed by atoms with Crippen LogP contribution in [0.2, 0.25) is 0 Å². The number of nitrogens with one attached hydrogen (secondary N) is 1. The van der Waals surface area contributed by atoms with Crippen LogP contribution in [0.15, 0.2) is 73.1 Å². The highest BCUT2D eigenvalue weighted by Gasteiger charge is 2.14. The van der Waals surface area contributed by atoms with Crippen molar-refractivity contribution in [3.63, 3.8) is 0 Å². The van der Waals surface area contributed by atoms with Gasteiger partial charge in [-0.1, -0.05) is 47.7 Å². The van der Waals surface area contributed by atoms with Gasteiger partial charge in [0.2, 0.25) is 0 Å². The molecule has 0 bridgehead atoms. The zero-order chi connectivity index (χ0) is 22.9. The molecule has 0 radical (unpaired) electrons. The molecule has 7 nitrogen and oxygen atoms in total. The predicted octanol–water partition coefficient (Wildman–Crippen LogP) is 4.70. The third-order valence-electron chi connectivity index (χ3n) is 5.98. The Bertz CT molecular complexity index is 1470. The molecule has 1 aliphatic heterocycles. The van der Waals surface area contributed by atoms with E-state index in [0.29, 0.717) is 10.7 Å². The number of hydrogen-bond acceptors (Lipinski definition) is 6. The van der Waals surface area contributed by atoms with Crippen molar-refractivity contribution in [2.75, 3.05) is 31.6 Å². The van der Waals surface area contributed by atoms with Crippen molar-refractivity contribution >= 4 is 38.2 Å². The molecule has 4 heterocycles. The number of morpholine rings is 1. The number of carbonyl (C=O) groups excluding carboxylic acids is 1. The Labute approximate surface area is 200 Å². The number of fused-ring (bicyclic) bond motifs is 2. The SMILES string of the molecule is O=C(Nc1nc2ccc(CN3CCOCC3)cc2s1)c1ccn2cc(-c3ccccc3)nc2c1. The van der Waals surface area contributed by atoms with Crippen molar-refractivity contribution < 1.29 is 9.53 Å². The second-order valence-corrected chi connectivity index (χ2v) is 9.37. The van der Waals surface area contributed by atoms with E-state index in [4.69, 9.17) is 4.74 Å². The van der Waals surface area contributed by atoms with Crippen LogP contribution in [-0.2, 0) is 11.3 Å². The molecule has 6 rings (SSSR count). The number of rotatable bonds is 5. The first-order valence-corrected chi connectivity index (χ1v) is 12.1. The van der Waals surface area contributed by atoms with Crippen LogP contribution in [0.1, 0.15) is 15.9 Å². The van der Waals surface area contributed by atoms with Crippen LogP contribution < -0.4 is 5.32 Å². The van der Waals surface area contributed by atoms with E-state index in [2.05, 4.69) is 32.3 Å². The smallest absolute Gasteiger partial charge is 0.257 e. The average Bonchev–Trinajstić information content (AvgIpc) is 3.48. The molecule has 0 unspecified atom stereocenters. The van der Waals surface area contributed by atoms with Crippen molar-refractivity contribution in [1.82, 2.24) is 19.3 Å². The number of pyridine rings is 1. The number of anilines is 1. The number of carbonyl (C=O) groups is 1. The van der Waals surface area contributed by atoms with Crippen LogP contribution in [0, 0.1) is 0 Å². The maximum Gasteiger partial charge on any atom is 0.257 e. The van der Waals surface area contributed by atoms with Crippen molar-refractivity contribution in [3.8, 4) is 11.3 Å². The van der Waals surface area contributed by atoms with E-state index in [9.17, 15) is 4.79 Å². The lowest BCUT2D eigenvalue weighted by Gasteiger charge is -2.26. The fourth-order valence-corrected chi connectivity index (χ4v) is 5.10. The largest absolute Gasteiger partial charge is 0.379 e. The van der Waals surface area contributed by atoms with Gasteiger partial charge >= 0.3 is 0 Å². The van der Waals surface area contributed by atoms with Gasteiger partial charge in [-0.2, -0.15) is 0 Å². The predicted molar refractivity (Wildman–Crippen MR) is 134 cm³/mol. The topological polar surface area (TPSA) is 71.8 Å². The van der Waals surface area contributed by atoms with Crippen LogP contribution in [0.5, 0.6) is 0 Å². The Morgan fingerprint density at radius 1 is 1.03 bits per heavy atom. The fourth-order valence-electron chi connectivity index (χ4n) is 4.18. The monoisotopic (exact) mass is 469 g/mol. The fraction of sp³-hybridized carbons (Fsp3) is 0.192. The first kappa shape index (κ1) is 21.0. The highest BCUT2D eigenvalue weighted by atomic mass is 32.1. The molecule has 8 heteroatoms. The molecule has 170 valence electrons. The molecule has 1 N–H and O–H groups in total. The Morgan fingerprint density at radius 2 is 1.88 bits per heavy atom. The molecular weight excluding hydrogens is 446 g/mol. The molecule has 1 amide bonds. The van der Waals surface area contributed by atoms with Crippen LogP contribution in [0.25, 0.3) is 27.1 Å². The van der Waals surface area contributed by atoms with Gasteiger partial charge in [0.15, 0.2) is 5.13 Å². The quantitative estimate of drug-likeness (QED) is 0.404. The number of amides is 1. The van der Waals surface area contributed by atoms with Crippen LogP contribution >= 0.6 is 11.3 Å². The summed E-state index contributed by atoms with van der Waals surface area (Å²) in [6.45, 7) is 4.38. The van der Waals surface area contributed by atoms with Crippen molar-refractivity contribution in [2.45, 2.75) is 6.54 Å². The molecule has 5 aromatic rings. The van der Waals surface area contributed by atoms with Crippen molar-refractivity contribution in [1.29, 1.82) is 0 Å². The van der Waals surface area contributed by atoms with E-state index in [-0.39, 0.29) is 5.91 Å². The molecule has 0 spiro atoms. The number of aromatic nitrogens is 3. The van der Waals surface area contributed by atoms with E-state index < -0.39 is 0 Å².